The second-order valence-corrected chi connectivity index (χ2v) is 18.9. The van der Waals surface area contributed by atoms with Gasteiger partial charge in [-0.3, -0.25) is 14.4 Å². The van der Waals surface area contributed by atoms with Gasteiger partial charge in [-0.05, 0) is 114 Å². The number of amides is 1. The largest absolute Gasteiger partial charge is 0.501 e. The lowest BCUT2D eigenvalue weighted by atomic mass is 9.73. The van der Waals surface area contributed by atoms with E-state index in [4.69, 9.17) is 11.6 Å². The number of anilines is 2. The van der Waals surface area contributed by atoms with Gasteiger partial charge in [-0.2, -0.15) is 13.2 Å². The molecule has 1 amide bonds. The molecule has 1 aliphatic heterocycles. The van der Waals surface area contributed by atoms with Crippen molar-refractivity contribution in [1.29, 1.82) is 0 Å². The number of thioether (sulfide) groups is 1. The van der Waals surface area contributed by atoms with Crippen LogP contribution in [0.4, 0.5) is 24.5 Å². The van der Waals surface area contributed by atoms with Crippen molar-refractivity contribution >= 4 is 68.0 Å². The highest BCUT2D eigenvalue weighted by Crippen LogP contribution is 2.43. The molecule has 6 rings (SSSR count). The van der Waals surface area contributed by atoms with Crippen molar-refractivity contribution < 1.29 is 26.4 Å². The first-order chi connectivity index (χ1) is 26.2. The van der Waals surface area contributed by atoms with Crippen LogP contribution < -0.4 is 14.9 Å². The summed E-state index contributed by atoms with van der Waals surface area (Å²) in [5.41, 5.74) is 0.177. The Kier molecular flexibility index (Phi) is 13.2. The molecule has 0 atom stereocenters. The number of nitrogens with one attached hydrogen (secondary N) is 2. The summed E-state index contributed by atoms with van der Waals surface area (Å²) in [6.45, 7) is 9.35. The van der Waals surface area contributed by atoms with Crippen LogP contribution in [0.5, 0.6) is 0 Å². The number of hydrogen-bond donors (Lipinski definition) is 2. The lowest BCUT2D eigenvalue weighted by Crippen LogP contribution is -2.47. The number of benzene rings is 4. The van der Waals surface area contributed by atoms with E-state index >= 15 is 0 Å². The average Bonchev–Trinajstić information content (AvgIpc) is 3.16. The summed E-state index contributed by atoms with van der Waals surface area (Å²) in [5, 5.41) is 3.58. The van der Waals surface area contributed by atoms with Crippen molar-refractivity contribution in [3.05, 3.63) is 119 Å². The molecule has 0 unspecified atom stereocenters. The molecule has 7 nitrogen and oxygen atoms in total. The molecule has 4 aromatic rings. The van der Waals surface area contributed by atoms with Crippen molar-refractivity contribution in [1.82, 2.24) is 9.62 Å². The predicted octanol–water partition coefficient (Wildman–Crippen LogP) is 10.1. The van der Waals surface area contributed by atoms with Crippen LogP contribution >= 0.6 is 35.3 Å². The monoisotopic (exact) mass is 828 g/mol. The number of carbonyl (C=O) groups excluding carboxylic acids is 1. The molecule has 0 saturated carbocycles. The van der Waals surface area contributed by atoms with E-state index in [-0.39, 0.29) is 22.5 Å². The van der Waals surface area contributed by atoms with Crippen molar-refractivity contribution in [3.8, 4) is 0 Å². The van der Waals surface area contributed by atoms with E-state index in [1.54, 1.807) is 12.1 Å². The minimum atomic E-state index is -5.67. The number of halogens is 4. The van der Waals surface area contributed by atoms with E-state index in [0.717, 1.165) is 85.6 Å². The van der Waals surface area contributed by atoms with E-state index in [1.165, 1.54) is 40.6 Å². The molecule has 0 spiro atoms. The van der Waals surface area contributed by atoms with Gasteiger partial charge in [0.15, 0.2) is 0 Å². The van der Waals surface area contributed by atoms with Gasteiger partial charge in [0.1, 0.15) is 4.90 Å². The number of nitrogens with zero attached hydrogens (tertiary/aromatic N) is 2. The lowest BCUT2D eigenvalue weighted by molar-refractivity contribution is -0.0435. The number of carbonyl (C=O) groups is 1. The second kappa shape index (κ2) is 17.7. The Morgan fingerprint density at radius 3 is 2.25 bits per heavy atom. The van der Waals surface area contributed by atoms with E-state index in [9.17, 15) is 26.4 Å². The molecular formula is C41H44ClF3N4O3S3. The van der Waals surface area contributed by atoms with Crippen molar-refractivity contribution in [2.75, 3.05) is 55.2 Å². The van der Waals surface area contributed by atoms with Crippen LogP contribution in [0.15, 0.2) is 117 Å². The first-order valence-electron chi connectivity index (χ1n) is 18.1. The summed E-state index contributed by atoms with van der Waals surface area (Å²) < 4.78 is 68.7. The van der Waals surface area contributed by atoms with Gasteiger partial charge in [-0.1, -0.05) is 61.4 Å². The molecular weight excluding hydrogens is 785 g/mol. The third-order valence-electron chi connectivity index (χ3n) is 9.88. The summed E-state index contributed by atoms with van der Waals surface area (Å²) >= 11 is 8.42. The number of rotatable bonds is 13. The summed E-state index contributed by atoms with van der Waals surface area (Å²) in [6, 6.07) is 28.6. The number of allylic oxidation sites excluding steroid dienone is 1. The first-order valence-corrected chi connectivity index (χ1v) is 21.7. The number of piperazine rings is 1. The first kappa shape index (κ1) is 41.0. The highest BCUT2D eigenvalue weighted by atomic mass is 35.5. The maximum absolute atomic E-state index is 13.7. The second-order valence-electron chi connectivity index (χ2n) is 14.5. The minimum absolute atomic E-state index is 0.141. The van der Waals surface area contributed by atoms with Crippen LogP contribution in [0, 0.1) is 5.41 Å². The van der Waals surface area contributed by atoms with E-state index in [1.807, 2.05) is 54.6 Å². The molecule has 0 radical (unpaired) electrons. The van der Waals surface area contributed by atoms with Crippen LogP contribution in [-0.2, 0) is 9.84 Å². The summed E-state index contributed by atoms with van der Waals surface area (Å²) in [5.74, 6) is 0.0441. The Labute approximate surface area is 335 Å². The van der Waals surface area contributed by atoms with E-state index in [0.29, 0.717) is 11.3 Å². The van der Waals surface area contributed by atoms with Crippen molar-refractivity contribution in [2.45, 2.75) is 53.3 Å². The fourth-order valence-corrected chi connectivity index (χ4v) is 9.51. The lowest BCUT2D eigenvalue weighted by Gasteiger charge is -2.39. The molecule has 0 bridgehead atoms. The zero-order valence-corrected chi connectivity index (χ0v) is 33.9. The maximum Gasteiger partial charge on any atom is 0.501 e. The Balaban J connectivity index is 1.04. The molecule has 1 saturated heterocycles. The molecule has 55 heavy (non-hydrogen) atoms. The van der Waals surface area contributed by atoms with Crippen LogP contribution in [0.2, 0.25) is 5.02 Å². The smallest absolute Gasteiger partial charge is 0.383 e. The molecule has 2 N–H and O–H groups in total. The zero-order valence-electron chi connectivity index (χ0n) is 30.7. The molecule has 1 fully saturated rings. The Morgan fingerprint density at radius 1 is 0.891 bits per heavy atom. The fourth-order valence-electron chi connectivity index (χ4n) is 6.92. The standard InChI is InChI=1S/C41H44ClF3N4O3S3/c1-40(2)19-18-36(29-8-12-32(42)13-9-29)31(27-40)28-48-21-23-49(24-22-48)33-14-10-30(11-15-33)39(50)47-54-35-16-17-37(38(26-35)55(51,52)41(43,44)45)46-20-25-53-34-6-4-3-5-7-34/h3-17,26,46H,18-25,27-28H2,1-2H3,(H,47,50). The minimum Gasteiger partial charge on any atom is -0.383 e. The van der Waals surface area contributed by atoms with Crippen molar-refractivity contribution in [3.63, 3.8) is 0 Å². The van der Waals surface area contributed by atoms with Gasteiger partial charge >= 0.3 is 5.51 Å². The Bertz CT molecular complexity index is 2090. The normalized spacial score (nSPS) is 16.6. The molecule has 2 aliphatic rings. The van der Waals surface area contributed by atoms with Crippen LogP contribution in [0.1, 0.15) is 49.0 Å². The highest BCUT2D eigenvalue weighted by molar-refractivity contribution is 7.99. The molecule has 292 valence electrons. The number of sulfone groups is 1. The Hall–Kier alpha value is -3.62. The zero-order chi connectivity index (χ0) is 39.2. The number of alkyl halides is 3. The van der Waals surface area contributed by atoms with E-state index in [2.05, 4.69) is 45.8 Å². The third kappa shape index (κ3) is 10.6. The van der Waals surface area contributed by atoms with Gasteiger partial charge in [0.25, 0.3) is 15.7 Å². The Morgan fingerprint density at radius 2 is 1.58 bits per heavy atom. The summed E-state index contributed by atoms with van der Waals surface area (Å²) in [7, 11) is -5.67. The molecule has 1 aliphatic carbocycles. The SMILES string of the molecule is CC1(C)CCC(c2ccc(Cl)cc2)=C(CN2CCN(c3ccc(C(=O)NSc4ccc(NCCSc5ccccc5)c(S(=O)(=O)C(F)(F)F)c4)cc3)CC2)C1. The number of hydrogen-bond acceptors (Lipinski definition) is 8. The molecule has 0 aromatic heterocycles. The molecule has 14 heteroatoms. The van der Waals surface area contributed by atoms with Gasteiger partial charge in [-0.25, -0.2) is 8.42 Å². The summed E-state index contributed by atoms with van der Waals surface area (Å²) in [4.78, 5) is 18.1. The fraction of sp³-hybridized carbons (Fsp3) is 0.341. The maximum atomic E-state index is 13.7. The van der Waals surface area contributed by atoms with Gasteiger partial charge < -0.3 is 10.2 Å². The molecule has 1 heterocycles. The van der Waals surface area contributed by atoms with Gasteiger partial charge in [0, 0.05) is 71.1 Å². The third-order valence-corrected chi connectivity index (χ3v) is 13.5. The van der Waals surface area contributed by atoms with Crippen LogP contribution in [0.25, 0.3) is 5.57 Å². The van der Waals surface area contributed by atoms with Gasteiger partial charge in [-0.15, -0.1) is 11.8 Å². The predicted molar refractivity (Wildman–Crippen MR) is 220 cm³/mol. The quantitative estimate of drug-likeness (QED) is 0.0784. The van der Waals surface area contributed by atoms with Crippen LogP contribution in [-0.4, -0.2) is 69.8 Å². The average molecular weight is 829 g/mol. The highest BCUT2D eigenvalue weighted by Gasteiger charge is 2.48. The van der Waals surface area contributed by atoms with E-state index < -0.39 is 26.1 Å². The van der Waals surface area contributed by atoms with Crippen molar-refractivity contribution in [2.24, 2.45) is 5.41 Å². The molecule has 4 aromatic carbocycles. The topological polar surface area (TPSA) is 81.8 Å². The van der Waals surface area contributed by atoms with Crippen LogP contribution in [0.3, 0.4) is 0 Å². The summed E-state index contributed by atoms with van der Waals surface area (Å²) in [6.07, 6.45) is 3.28. The van der Waals surface area contributed by atoms with Gasteiger partial charge in [0.2, 0.25) is 0 Å². The van der Waals surface area contributed by atoms with Gasteiger partial charge in [0.05, 0.1) is 5.69 Å².